The molecule has 0 spiro atoms. The van der Waals surface area contributed by atoms with Crippen molar-refractivity contribution in [3.05, 3.63) is 28.3 Å². The monoisotopic (exact) mass is 310 g/mol. The van der Waals surface area contributed by atoms with Crippen molar-refractivity contribution in [2.45, 2.75) is 13.3 Å². The number of rotatable bonds is 4. The number of halogens is 1. The van der Waals surface area contributed by atoms with Gasteiger partial charge in [0.25, 0.3) is 0 Å². The summed E-state index contributed by atoms with van der Waals surface area (Å²) in [5.41, 5.74) is 1.71. The molecule has 1 aliphatic heterocycles. The van der Waals surface area contributed by atoms with Crippen LogP contribution in [0.5, 0.6) is 5.75 Å². The Kier molecular flexibility index (Phi) is 5.07. The molecular weight excluding hydrogens is 292 g/mol. The molecule has 0 radical (unpaired) electrons. The third-order valence-electron chi connectivity index (χ3n) is 3.68. The summed E-state index contributed by atoms with van der Waals surface area (Å²) in [6.45, 7) is 4.21. The van der Waals surface area contributed by atoms with E-state index < -0.39 is 0 Å². The second-order valence-electron chi connectivity index (χ2n) is 5.11. The van der Waals surface area contributed by atoms with Crippen LogP contribution in [-0.2, 0) is 16.0 Å². The third kappa shape index (κ3) is 3.67. The molecule has 0 saturated carbocycles. The van der Waals surface area contributed by atoms with Crippen LogP contribution < -0.4 is 4.74 Å². The summed E-state index contributed by atoms with van der Waals surface area (Å²) in [5, 5.41) is 0.599. The first-order valence-electron chi connectivity index (χ1n) is 6.85. The fourth-order valence-corrected chi connectivity index (χ4v) is 2.87. The maximum Gasteiger partial charge on any atom is 0.227 e. The van der Waals surface area contributed by atoms with E-state index >= 15 is 0 Å². The van der Waals surface area contributed by atoms with Gasteiger partial charge in [0.15, 0.2) is 0 Å². The van der Waals surface area contributed by atoms with Crippen LogP contribution in [0.1, 0.15) is 11.1 Å². The van der Waals surface area contributed by atoms with Crippen molar-refractivity contribution >= 4 is 23.9 Å². The minimum Gasteiger partial charge on any atom is -0.496 e. The normalized spacial score (nSPS) is 15.0. The summed E-state index contributed by atoms with van der Waals surface area (Å²) in [4.78, 5) is 26.5. The fraction of sp³-hybridized carbons (Fsp3) is 0.467. The van der Waals surface area contributed by atoms with E-state index in [1.807, 2.05) is 13.0 Å². The number of amides is 2. The number of piperazine rings is 1. The molecule has 0 aromatic heterocycles. The molecule has 21 heavy (non-hydrogen) atoms. The number of hydrogen-bond acceptors (Lipinski definition) is 3. The molecule has 6 heteroatoms. The molecule has 1 aromatic rings. The molecule has 1 aromatic carbocycles. The van der Waals surface area contributed by atoms with Gasteiger partial charge in [0.05, 0.1) is 13.5 Å². The van der Waals surface area contributed by atoms with Gasteiger partial charge >= 0.3 is 0 Å². The van der Waals surface area contributed by atoms with Gasteiger partial charge in [-0.3, -0.25) is 9.59 Å². The number of carbonyl (C=O) groups excluding carboxylic acids is 2. The molecule has 0 unspecified atom stereocenters. The average Bonchev–Trinajstić information content (AvgIpc) is 2.47. The minimum absolute atomic E-state index is 0.0283. The average molecular weight is 311 g/mol. The number of hydrogen-bond donors (Lipinski definition) is 0. The molecule has 5 nitrogen and oxygen atoms in total. The summed E-state index contributed by atoms with van der Waals surface area (Å²) >= 11 is 6.06. The molecule has 114 valence electrons. The lowest BCUT2D eigenvalue weighted by Gasteiger charge is -2.32. The Hall–Kier alpha value is -1.75. The van der Waals surface area contributed by atoms with Crippen LogP contribution in [0.25, 0.3) is 0 Å². The Labute approximate surface area is 129 Å². The SMILES string of the molecule is COc1c(C)cc(Cl)cc1CC(=O)N1CCN(C=O)CC1. The summed E-state index contributed by atoms with van der Waals surface area (Å²) in [6.07, 6.45) is 1.08. The lowest BCUT2D eigenvalue weighted by molar-refractivity contribution is -0.134. The molecule has 2 rings (SSSR count). The van der Waals surface area contributed by atoms with Crippen LogP contribution >= 0.6 is 11.6 Å². The third-order valence-corrected chi connectivity index (χ3v) is 3.90. The summed E-state index contributed by atoms with van der Waals surface area (Å²) < 4.78 is 5.37. The van der Waals surface area contributed by atoms with Gasteiger partial charge < -0.3 is 14.5 Å². The lowest BCUT2D eigenvalue weighted by Crippen LogP contribution is -2.48. The van der Waals surface area contributed by atoms with Crippen LogP contribution in [0, 0.1) is 6.92 Å². The fourth-order valence-electron chi connectivity index (χ4n) is 2.57. The van der Waals surface area contributed by atoms with Crippen LogP contribution in [0.2, 0.25) is 5.02 Å². The molecule has 0 atom stereocenters. The highest BCUT2D eigenvalue weighted by Gasteiger charge is 2.21. The number of aryl methyl sites for hydroxylation is 1. The topological polar surface area (TPSA) is 49.9 Å². The maximum absolute atomic E-state index is 12.4. The molecule has 1 heterocycles. The van der Waals surface area contributed by atoms with Crippen molar-refractivity contribution in [1.82, 2.24) is 9.80 Å². The van der Waals surface area contributed by atoms with E-state index in [4.69, 9.17) is 16.3 Å². The number of benzene rings is 1. The number of nitrogens with zero attached hydrogens (tertiary/aromatic N) is 2. The quantitative estimate of drug-likeness (QED) is 0.792. The number of methoxy groups -OCH3 is 1. The van der Waals surface area contributed by atoms with Gasteiger partial charge in [0, 0.05) is 36.8 Å². The van der Waals surface area contributed by atoms with Gasteiger partial charge in [0.2, 0.25) is 12.3 Å². The zero-order chi connectivity index (χ0) is 15.4. The summed E-state index contributed by atoms with van der Waals surface area (Å²) in [5.74, 6) is 0.736. The van der Waals surface area contributed by atoms with Crippen molar-refractivity contribution in [3.8, 4) is 5.75 Å². The van der Waals surface area contributed by atoms with E-state index in [9.17, 15) is 9.59 Å². The standard InChI is InChI=1S/C15H19ClN2O3/c1-11-7-13(16)8-12(15(11)21-2)9-14(20)18-5-3-17(10-19)4-6-18/h7-8,10H,3-6,9H2,1-2H3. The van der Waals surface area contributed by atoms with Gasteiger partial charge in [-0.2, -0.15) is 0 Å². The Morgan fingerprint density at radius 3 is 2.57 bits per heavy atom. The van der Waals surface area contributed by atoms with Crippen LogP contribution in [0.3, 0.4) is 0 Å². The predicted octanol–water partition coefficient (Wildman–Crippen LogP) is 1.50. The maximum atomic E-state index is 12.4. The van der Waals surface area contributed by atoms with Crippen LogP contribution in [0.15, 0.2) is 12.1 Å². The Bertz CT molecular complexity index is 540. The highest BCUT2D eigenvalue weighted by atomic mass is 35.5. The smallest absolute Gasteiger partial charge is 0.227 e. The van der Waals surface area contributed by atoms with E-state index in [2.05, 4.69) is 0 Å². The molecule has 0 aliphatic carbocycles. The van der Waals surface area contributed by atoms with Crippen LogP contribution in [-0.4, -0.2) is 55.4 Å². The Morgan fingerprint density at radius 2 is 2.00 bits per heavy atom. The molecule has 0 N–H and O–H groups in total. The Balaban J connectivity index is 2.08. The summed E-state index contributed by atoms with van der Waals surface area (Å²) in [6, 6.07) is 3.59. The van der Waals surface area contributed by atoms with E-state index in [1.165, 1.54) is 0 Å². The number of carbonyl (C=O) groups is 2. The molecule has 2 amide bonds. The van der Waals surface area contributed by atoms with Crippen molar-refractivity contribution in [1.29, 1.82) is 0 Å². The van der Waals surface area contributed by atoms with E-state index in [0.717, 1.165) is 17.5 Å². The van der Waals surface area contributed by atoms with Crippen molar-refractivity contribution < 1.29 is 14.3 Å². The highest BCUT2D eigenvalue weighted by molar-refractivity contribution is 6.30. The van der Waals surface area contributed by atoms with Gasteiger partial charge in [-0.15, -0.1) is 0 Å². The Morgan fingerprint density at radius 1 is 1.33 bits per heavy atom. The molecule has 1 saturated heterocycles. The molecule has 1 aliphatic rings. The minimum atomic E-state index is 0.0283. The second kappa shape index (κ2) is 6.80. The van der Waals surface area contributed by atoms with Crippen molar-refractivity contribution in [3.63, 3.8) is 0 Å². The summed E-state index contributed by atoms with van der Waals surface area (Å²) in [7, 11) is 1.59. The van der Waals surface area contributed by atoms with E-state index in [1.54, 1.807) is 23.0 Å². The van der Waals surface area contributed by atoms with Crippen molar-refractivity contribution in [2.24, 2.45) is 0 Å². The van der Waals surface area contributed by atoms with E-state index in [0.29, 0.717) is 37.0 Å². The predicted molar refractivity (Wildman–Crippen MR) is 80.7 cm³/mol. The second-order valence-corrected chi connectivity index (χ2v) is 5.55. The van der Waals surface area contributed by atoms with Crippen LogP contribution in [0.4, 0.5) is 0 Å². The first-order chi connectivity index (χ1) is 10.0. The first kappa shape index (κ1) is 15.6. The first-order valence-corrected chi connectivity index (χ1v) is 7.23. The number of ether oxygens (including phenoxy) is 1. The molecule has 0 bridgehead atoms. The largest absolute Gasteiger partial charge is 0.496 e. The zero-order valence-electron chi connectivity index (χ0n) is 12.3. The zero-order valence-corrected chi connectivity index (χ0v) is 13.0. The molecule has 1 fully saturated rings. The van der Waals surface area contributed by atoms with Gasteiger partial charge in [-0.1, -0.05) is 11.6 Å². The van der Waals surface area contributed by atoms with E-state index in [-0.39, 0.29) is 12.3 Å². The highest BCUT2D eigenvalue weighted by Crippen LogP contribution is 2.28. The van der Waals surface area contributed by atoms with Gasteiger partial charge in [-0.25, -0.2) is 0 Å². The van der Waals surface area contributed by atoms with Gasteiger partial charge in [0.1, 0.15) is 5.75 Å². The van der Waals surface area contributed by atoms with Crippen molar-refractivity contribution in [2.75, 3.05) is 33.3 Å². The lowest BCUT2D eigenvalue weighted by atomic mass is 10.1. The molecular formula is C15H19ClN2O3. The van der Waals surface area contributed by atoms with Gasteiger partial charge in [-0.05, 0) is 24.6 Å².